The highest BCUT2D eigenvalue weighted by Crippen LogP contribution is 2.22. The van der Waals surface area contributed by atoms with Crippen LogP contribution in [-0.4, -0.2) is 43.4 Å². The van der Waals surface area contributed by atoms with E-state index in [0.717, 1.165) is 17.2 Å². The molecule has 0 heterocycles. The van der Waals surface area contributed by atoms with Gasteiger partial charge in [-0.15, -0.1) is 0 Å². The minimum absolute atomic E-state index is 0.102. The number of esters is 2. The van der Waals surface area contributed by atoms with E-state index in [1.165, 1.54) is 0 Å². The normalized spacial score (nSPS) is 13.2. The van der Waals surface area contributed by atoms with Gasteiger partial charge in [0.2, 0.25) is 0 Å². The summed E-state index contributed by atoms with van der Waals surface area (Å²) in [6.07, 6.45) is 2.49. The average Bonchev–Trinajstić information content (AvgIpc) is 2.89. The summed E-state index contributed by atoms with van der Waals surface area (Å²) in [6, 6.07) is 13.5. The highest BCUT2D eigenvalue weighted by Gasteiger charge is 2.27. The molecule has 2 unspecified atom stereocenters. The second-order valence-electron chi connectivity index (χ2n) is 10.4. The van der Waals surface area contributed by atoms with Crippen LogP contribution in [0.1, 0.15) is 84.0 Å². The Morgan fingerprint density at radius 2 is 1.65 bits per heavy atom. The first-order chi connectivity index (χ1) is 17.6. The third-order valence-electron chi connectivity index (χ3n) is 6.77. The first-order valence-corrected chi connectivity index (χ1v) is 13.4. The van der Waals surface area contributed by atoms with Crippen molar-refractivity contribution in [3.8, 4) is 0 Å². The van der Waals surface area contributed by atoms with Gasteiger partial charge in [-0.05, 0) is 74.8 Å². The second kappa shape index (κ2) is 14.6. The number of amides is 1. The van der Waals surface area contributed by atoms with Crippen molar-refractivity contribution in [3.63, 3.8) is 0 Å². The summed E-state index contributed by atoms with van der Waals surface area (Å²) in [5.41, 5.74) is 0.00443. The number of hydrogen-bond acceptors (Lipinski definition) is 6. The Labute approximate surface area is 221 Å². The summed E-state index contributed by atoms with van der Waals surface area (Å²) in [5, 5.41) is 4.74. The topological polar surface area (TPSA) is 90.9 Å². The minimum atomic E-state index is -0.538. The molecule has 1 N–H and O–H groups in total. The lowest BCUT2D eigenvalue weighted by Crippen LogP contribution is -2.35. The van der Waals surface area contributed by atoms with E-state index in [0.29, 0.717) is 31.2 Å². The average molecular weight is 514 g/mol. The van der Waals surface area contributed by atoms with Gasteiger partial charge in [0.15, 0.2) is 0 Å². The van der Waals surface area contributed by atoms with Crippen molar-refractivity contribution in [1.29, 1.82) is 0 Å². The van der Waals surface area contributed by atoms with Gasteiger partial charge in [-0.25, -0.2) is 9.59 Å². The van der Waals surface area contributed by atoms with Crippen molar-refractivity contribution in [1.82, 2.24) is 5.32 Å². The number of rotatable bonds is 14. The first kappa shape index (κ1) is 30.1. The monoisotopic (exact) mass is 513 g/mol. The smallest absolute Gasteiger partial charge is 0.407 e. The van der Waals surface area contributed by atoms with Gasteiger partial charge in [-0.2, -0.15) is 0 Å². The fourth-order valence-electron chi connectivity index (χ4n) is 3.77. The summed E-state index contributed by atoms with van der Waals surface area (Å²) < 4.78 is 16.6. The van der Waals surface area contributed by atoms with Crippen LogP contribution in [0.3, 0.4) is 0 Å². The molecule has 2 rings (SSSR count). The van der Waals surface area contributed by atoms with Crippen LogP contribution in [0.25, 0.3) is 10.8 Å². The number of hydrogen-bond donors (Lipinski definition) is 1. The number of ether oxygens (including phenoxy) is 3. The summed E-state index contributed by atoms with van der Waals surface area (Å²) >= 11 is 0. The number of carbonyl (C=O) groups excluding carboxylic acids is 3. The summed E-state index contributed by atoms with van der Waals surface area (Å²) in [7, 11) is 0. The number of fused-ring (bicyclic) bond motifs is 1. The van der Waals surface area contributed by atoms with Gasteiger partial charge in [-0.3, -0.25) is 4.79 Å². The summed E-state index contributed by atoms with van der Waals surface area (Å²) in [5.74, 6) is -0.470. The molecule has 2 aromatic carbocycles. The number of benzene rings is 2. The lowest BCUT2D eigenvalue weighted by molar-refractivity contribution is -0.153. The van der Waals surface area contributed by atoms with Crippen LogP contribution >= 0.6 is 0 Å². The predicted octanol–water partition coefficient (Wildman–Crippen LogP) is 6.68. The van der Waals surface area contributed by atoms with Crippen molar-refractivity contribution >= 4 is 28.8 Å². The Bertz CT molecular complexity index is 1030. The lowest BCUT2D eigenvalue weighted by Gasteiger charge is -2.23. The van der Waals surface area contributed by atoms with E-state index in [-0.39, 0.29) is 43.2 Å². The molecule has 0 fully saturated rings. The van der Waals surface area contributed by atoms with E-state index in [9.17, 15) is 14.4 Å². The fourth-order valence-corrected chi connectivity index (χ4v) is 3.77. The third kappa shape index (κ3) is 9.71. The molecule has 2 atom stereocenters. The molecule has 1 amide bonds. The maximum absolute atomic E-state index is 12.7. The second-order valence-corrected chi connectivity index (χ2v) is 10.4. The van der Waals surface area contributed by atoms with Crippen LogP contribution in [-0.2, 0) is 19.0 Å². The molecule has 0 saturated carbocycles. The third-order valence-corrected chi connectivity index (χ3v) is 6.77. The van der Waals surface area contributed by atoms with Gasteiger partial charge >= 0.3 is 18.0 Å². The lowest BCUT2D eigenvalue weighted by atomic mass is 9.91. The molecule has 0 saturated heterocycles. The molecular formula is C30H43NO6. The Morgan fingerprint density at radius 3 is 2.30 bits per heavy atom. The summed E-state index contributed by atoms with van der Waals surface area (Å²) in [4.78, 5) is 37.0. The molecule has 0 aliphatic heterocycles. The van der Waals surface area contributed by atoms with E-state index < -0.39 is 11.5 Å². The highest BCUT2D eigenvalue weighted by atomic mass is 16.6. The van der Waals surface area contributed by atoms with Gasteiger partial charge in [-0.1, -0.05) is 58.0 Å². The van der Waals surface area contributed by atoms with E-state index >= 15 is 0 Å². The van der Waals surface area contributed by atoms with Crippen molar-refractivity contribution < 1.29 is 28.6 Å². The van der Waals surface area contributed by atoms with Gasteiger partial charge in [0, 0.05) is 0 Å². The van der Waals surface area contributed by atoms with Crippen molar-refractivity contribution in [3.05, 3.63) is 48.0 Å². The van der Waals surface area contributed by atoms with Gasteiger partial charge in [0.05, 0.1) is 17.5 Å². The van der Waals surface area contributed by atoms with E-state index in [2.05, 4.69) is 5.32 Å². The van der Waals surface area contributed by atoms with Crippen molar-refractivity contribution in [2.75, 3.05) is 13.2 Å². The number of alkyl carbamates (subject to hydrolysis) is 1. The van der Waals surface area contributed by atoms with Crippen LogP contribution in [0, 0.1) is 11.3 Å². The van der Waals surface area contributed by atoms with Crippen molar-refractivity contribution in [2.45, 2.75) is 85.9 Å². The number of carbonyl (C=O) groups is 3. The molecule has 0 aromatic heterocycles. The first-order valence-electron chi connectivity index (χ1n) is 13.4. The van der Waals surface area contributed by atoms with Crippen molar-refractivity contribution in [2.24, 2.45) is 11.3 Å². The molecule has 0 aliphatic rings. The summed E-state index contributed by atoms with van der Waals surface area (Å²) in [6.45, 7) is 11.9. The van der Waals surface area contributed by atoms with Gasteiger partial charge in [0.1, 0.15) is 18.8 Å². The minimum Gasteiger partial charge on any atom is -0.463 e. The van der Waals surface area contributed by atoms with E-state index in [1.54, 1.807) is 6.07 Å². The SMILES string of the molecule is CCC(CCCC(OC(=O)NCCOC(=O)C(C)(C)CC)C(C)C)OC(=O)c1ccc2ccccc2c1. The van der Waals surface area contributed by atoms with Crippen LogP contribution < -0.4 is 5.32 Å². The van der Waals surface area contributed by atoms with Crippen LogP contribution in [0.5, 0.6) is 0 Å². The Morgan fingerprint density at radius 1 is 0.946 bits per heavy atom. The molecular weight excluding hydrogens is 470 g/mol. The number of nitrogens with one attached hydrogen (secondary N) is 1. The molecule has 0 aliphatic carbocycles. The zero-order chi connectivity index (χ0) is 27.4. The quantitative estimate of drug-likeness (QED) is 0.172. The van der Waals surface area contributed by atoms with Crippen LogP contribution in [0.15, 0.2) is 42.5 Å². The Kier molecular flexibility index (Phi) is 11.9. The molecule has 37 heavy (non-hydrogen) atoms. The van der Waals surface area contributed by atoms with Gasteiger partial charge < -0.3 is 19.5 Å². The molecule has 7 nitrogen and oxygen atoms in total. The molecule has 204 valence electrons. The molecule has 7 heteroatoms. The Balaban J connectivity index is 1.76. The van der Waals surface area contributed by atoms with E-state index in [1.807, 2.05) is 77.9 Å². The zero-order valence-electron chi connectivity index (χ0n) is 23.2. The fraction of sp³-hybridized carbons (Fsp3) is 0.567. The molecule has 0 bridgehead atoms. The maximum Gasteiger partial charge on any atom is 0.407 e. The Hall–Kier alpha value is -3.09. The maximum atomic E-state index is 12.7. The zero-order valence-corrected chi connectivity index (χ0v) is 23.2. The highest BCUT2D eigenvalue weighted by molar-refractivity contribution is 5.95. The van der Waals surface area contributed by atoms with E-state index in [4.69, 9.17) is 14.2 Å². The molecule has 0 spiro atoms. The van der Waals surface area contributed by atoms with Crippen LogP contribution in [0.2, 0.25) is 0 Å². The van der Waals surface area contributed by atoms with Crippen LogP contribution in [0.4, 0.5) is 4.79 Å². The molecule has 0 radical (unpaired) electrons. The molecule has 2 aromatic rings. The predicted molar refractivity (Wildman–Crippen MR) is 145 cm³/mol. The standard InChI is InChI=1S/C30H43NO6/c1-7-25(36-27(32)24-17-16-22-12-9-10-13-23(22)20-24)14-11-15-26(21(3)4)37-29(34)31-18-19-35-28(33)30(5,6)8-2/h9-10,12-13,16-17,20-21,25-26H,7-8,11,14-15,18-19H2,1-6H3,(H,31,34). The largest absolute Gasteiger partial charge is 0.463 e. The van der Waals surface area contributed by atoms with Gasteiger partial charge in [0.25, 0.3) is 0 Å².